The molecule has 2 aromatic carbocycles. The molecule has 0 saturated heterocycles. The molecular formula is C19H16N2O2S2. The number of rotatable bonds is 4. The van der Waals surface area contributed by atoms with Crippen LogP contribution in [0, 0.1) is 0 Å². The first kappa shape index (κ1) is 16.2. The maximum atomic E-state index is 12.6. The van der Waals surface area contributed by atoms with Gasteiger partial charge in [-0.05, 0) is 35.9 Å². The molecule has 0 aliphatic carbocycles. The van der Waals surface area contributed by atoms with Crippen molar-refractivity contribution in [2.24, 2.45) is 0 Å². The van der Waals surface area contributed by atoms with Crippen molar-refractivity contribution in [1.29, 1.82) is 0 Å². The van der Waals surface area contributed by atoms with E-state index in [0.717, 1.165) is 18.0 Å². The van der Waals surface area contributed by atoms with Gasteiger partial charge in [0.15, 0.2) is 0 Å². The minimum absolute atomic E-state index is 0.320. The second-order valence-electron chi connectivity index (χ2n) is 5.78. The highest BCUT2D eigenvalue weighted by atomic mass is 32.2. The molecule has 0 radical (unpaired) electrons. The van der Waals surface area contributed by atoms with Gasteiger partial charge in [-0.25, -0.2) is 8.42 Å². The highest BCUT2D eigenvalue weighted by Crippen LogP contribution is 2.38. The number of anilines is 1. The molecule has 1 aliphatic rings. The van der Waals surface area contributed by atoms with Gasteiger partial charge in [0.1, 0.15) is 0 Å². The van der Waals surface area contributed by atoms with Gasteiger partial charge in [-0.15, -0.1) is 11.8 Å². The molecule has 1 aromatic heterocycles. The Balaban J connectivity index is 1.55. The standard InChI is InChI=1S/C19H16N2O2S2/c22-25(23,16-4-2-1-3-5-16)17-8-6-15(7-9-17)13-21-14-24-19-12-20-11-10-18(19)21/h1-12H,13-14H2. The maximum absolute atomic E-state index is 12.6. The molecule has 25 heavy (non-hydrogen) atoms. The van der Waals surface area contributed by atoms with E-state index < -0.39 is 9.84 Å². The SMILES string of the molecule is O=S(=O)(c1ccccc1)c1ccc(CN2CSc3cnccc32)cc1. The topological polar surface area (TPSA) is 50.3 Å². The second kappa shape index (κ2) is 6.54. The van der Waals surface area contributed by atoms with Gasteiger partial charge in [0.05, 0.1) is 26.3 Å². The van der Waals surface area contributed by atoms with E-state index in [1.165, 1.54) is 10.6 Å². The summed E-state index contributed by atoms with van der Waals surface area (Å²) in [4.78, 5) is 8.24. The van der Waals surface area contributed by atoms with E-state index >= 15 is 0 Å². The van der Waals surface area contributed by atoms with Gasteiger partial charge >= 0.3 is 0 Å². The Morgan fingerprint density at radius 2 is 1.68 bits per heavy atom. The van der Waals surface area contributed by atoms with Crippen LogP contribution in [-0.2, 0) is 16.4 Å². The lowest BCUT2D eigenvalue weighted by molar-refractivity contribution is 0.596. The molecule has 0 N–H and O–H groups in total. The molecule has 6 heteroatoms. The van der Waals surface area contributed by atoms with Crippen molar-refractivity contribution in [2.75, 3.05) is 10.8 Å². The van der Waals surface area contributed by atoms with Crippen LogP contribution in [0.2, 0.25) is 0 Å². The number of pyridine rings is 1. The van der Waals surface area contributed by atoms with Gasteiger partial charge in [-0.1, -0.05) is 30.3 Å². The summed E-state index contributed by atoms with van der Waals surface area (Å²) in [5.41, 5.74) is 2.26. The number of hydrogen-bond donors (Lipinski definition) is 0. The minimum atomic E-state index is -3.46. The number of hydrogen-bond acceptors (Lipinski definition) is 5. The predicted molar refractivity (Wildman–Crippen MR) is 99.5 cm³/mol. The Kier molecular flexibility index (Phi) is 4.23. The van der Waals surface area contributed by atoms with Gasteiger partial charge in [0.2, 0.25) is 9.84 Å². The van der Waals surface area contributed by atoms with E-state index in [-0.39, 0.29) is 0 Å². The Bertz CT molecular complexity index is 987. The van der Waals surface area contributed by atoms with Crippen LogP contribution >= 0.6 is 11.8 Å². The average molecular weight is 368 g/mol. The fraction of sp³-hybridized carbons (Fsp3) is 0.105. The Morgan fingerprint density at radius 1 is 0.960 bits per heavy atom. The molecule has 3 aromatic rings. The number of thioether (sulfide) groups is 1. The summed E-state index contributed by atoms with van der Waals surface area (Å²) in [6.07, 6.45) is 3.68. The zero-order valence-electron chi connectivity index (χ0n) is 13.4. The Morgan fingerprint density at radius 3 is 2.44 bits per heavy atom. The quantitative estimate of drug-likeness (QED) is 0.697. The molecule has 0 amide bonds. The minimum Gasteiger partial charge on any atom is -0.357 e. The zero-order valence-corrected chi connectivity index (χ0v) is 15.0. The number of benzene rings is 2. The summed E-state index contributed by atoms with van der Waals surface area (Å²) in [7, 11) is -3.46. The van der Waals surface area contributed by atoms with E-state index in [9.17, 15) is 8.42 Å². The van der Waals surface area contributed by atoms with Crippen LogP contribution in [0.15, 0.2) is 87.7 Å². The van der Waals surface area contributed by atoms with Crippen LogP contribution in [0.1, 0.15) is 5.56 Å². The van der Waals surface area contributed by atoms with E-state index in [0.29, 0.717) is 9.79 Å². The molecule has 0 saturated carbocycles. The van der Waals surface area contributed by atoms with Crippen molar-refractivity contribution in [3.63, 3.8) is 0 Å². The maximum Gasteiger partial charge on any atom is 0.206 e. The smallest absolute Gasteiger partial charge is 0.206 e. The molecule has 126 valence electrons. The van der Waals surface area contributed by atoms with Crippen molar-refractivity contribution in [3.05, 3.63) is 78.6 Å². The molecule has 2 heterocycles. The molecule has 4 nitrogen and oxygen atoms in total. The van der Waals surface area contributed by atoms with Crippen molar-refractivity contribution < 1.29 is 8.42 Å². The third-order valence-corrected chi connectivity index (χ3v) is 6.99. The lowest BCUT2D eigenvalue weighted by atomic mass is 10.2. The molecule has 0 bridgehead atoms. The monoisotopic (exact) mass is 368 g/mol. The van der Waals surface area contributed by atoms with Gasteiger partial charge in [0.25, 0.3) is 0 Å². The summed E-state index contributed by atoms with van der Waals surface area (Å²) < 4.78 is 25.3. The summed E-state index contributed by atoms with van der Waals surface area (Å²) in [6.45, 7) is 0.746. The van der Waals surface area contributed by atoms with Crippen LogP contribution in [0.25, 0.3) is 0 Å². The summed E-state index contributed by atoms with van der Waals surface area (Å²) in [5.74, 6) is 0.880. The number of fused-ring (bicyclic) bond motifs is 1. The molecule has 0 unspecified atom stereocenters. The third kappa shape index (κ3) is 3.15. The van der Waals surface area contributed by atoms with Crippen molar-refractivity contribution in [2.45, 2.75) is 21.2 Å². The highest BCUT2D eigenvalue weighted by molar-refractivity contribution is 7.99. The molecule has 0 fully saturated rings. The lowest BCUT2D eigenvalue weighted by Crippen LogP contribution is -2.18. The predicted octanol–water partition coefficient (Wildman–Crippen LogP) is 3.98. The van der Waals surface area contributed by atoms with Crippen LogP contribution in [0.4, 0.5) is 5.69 Å². The third-order valence-electron chi connectivity index (χ3n) is 4.14. The second-order valence-corrected chi connectivity index (χ2v) is 8.71. The molecule has 0 spiro atoms. The van der Waals surface area contributed by atoms with Crippen LogP contribution in [0.5, 0.6) is 0 Å². The fourth-order valence-electron chi connectivity index (χ4n) is 2.82. The fourth-order valence-corrected chi connectivity index (χ4v) is 5.11. The summed E-state index contributed by atoms with van der Waals surface area (Å²) in [5, 5.41) is 0. The summed E-state index contributed by atoms with van der Waals surface area (Å²) in [6, 6.07) is 17.7. The van der Waals surface area contributed by atoms with Crippen LogP contribution in [-0.4, -0.2) is 19.3 Å². The zero-order chi connectivity index (χ0) is 17.3. The molecule has 4 rings (SSSR count). The normalized spacial score (nSPS) is 13.7. The van der Waals surface area contributed by atoms with E-state index in [2.05, 4.69) is 9.88 Å². The first-order valence-electron chi connectivity index (χ1n) is 7.85. The molecular weight excluding hydrogens is 352 g/mol. The first-order valence-corrected chi connectivity index (χ1v) is 10.3. The van der Waals surface area contributed by atoms with Gasteiger partial charge < -0.3 is 4.90 Å². The van der Waals surface area contributed by atoms with Gasteiger partial charge in [-0.2, -0.15) is 0 Å². The van der Waals surface area contributed by atoms with E-state index in [1.54, 1.807) is 54.4 Å². The summed E-state index contributed by atoms with van der Waals surface area (Å²) >= 11 is 1.77. The Hall–Kier alpha value is -2.31. The van der Waals surface area contributed by atoms with Crippen molar-refractivity contribution in [1.82, 2.24) is 4.98 Å². The first-order chi connectivity index (χ1) is 12.1. The number of sulfone groups is 1. The van der Waals surface area contributed by atoms with Gasteiger partial charge in [-0.3, -0.25) is 4.98 Å². The Labute approximate surface area is 151 Å². The van der Waals surface area contributed by atoms with Crippen LogP contribution < -0.4 is 4.90 Å². The lowest BCUT2D eigenvalue weighted by Gasteiger charge is -2.18. The van der Waals surface area contributed by atoms with E-state index in [4.69, 9.17) is 0 Å². The number of nitrogens with zero attached hydrogens (tertiary/aromatic N) is 2. The van der Waals surface area contributed by atoms with Crippen molar-refractivity contribution in [3.8, 4) is 0 Å². The molecule has 0 atom stereocenters. The number of aromatic nitrogens is 1. The van der Waals surface area contributed by atoms with Gasteiger partial charge in [0, 0.05) is 18.9 Å². The molecule has 1 aliphatic heterocycles. The van der Waals surface area contributed by atoms with Crippen LogP contribution in [0.3, 0.4) is 0 Å². The highest BCUT2D eigenvalue weighted by Gasteiger charge is 2.20. The average Bonchev–Trinajstić information content (AvgIpc) is 3.06. The van der Waals surface area contributed by atoms with E-state index in [1.807, 2.05) is 30.5 Å². The van der Waals surface area contributed by atoms with Crippen molar-refractivity contribution >= 4 is 27.3 Å². The largest absolute Gasteiger partial charge is 0.357 e.